The first-order chi connectivity index (χ1) is 13.5. The summed E-state index contributed by atoms with van der Waals surface area (Å²) in [6.07, 6.45) is 5.33. The van der Waals surface area contributed by atoms with Crippen LogP contribution < -0.4 is 10.1 Å². The second-order valence-corrected chi connectivity index (χ2v) is 8.58. The predicted molar refractivity (Wildman–Crippen MR) is 109 cm³/mol. The van der Waals surface area contributed by atoms with Crippen LogP contribution in [0.15, 0.2) is 24.3 Å². The van der Waals surface area contributed by atoms with E-state index in [1.807, 2.05) is 12.1 Å². The van der Waals surface area contributed by atoms with Crippen molar-refractivity contribution in [2.24, 2.45) is 0 Å². The number of thiophene rings is 1. The van der Waals surface area contributed by atoms with Crippen molar-refractivity contribution in [1.29, 1.82) is 0 Å². The van der Waals surface area contributed by atoms with Crippen LogP contribution in [-0.4, -0.2) is 31.1 Å². The Kier molecular flexibility index (Phi) is 5.40. The van der Waals surface area contributed by atoms with E-state index in [2.05, 4.69) is 17.4 Å². The maximum atomic E-state index is 12.6. The quantitative estimate of drug-likeness (QED) is 0.768. The molecule has 0 unspecified atom stereocenters. The van der Waals surface area contributed by atoms with Crippen molar-refractivity contribution in [3.8, 4) is 16.2 Å². The standard InChI is InChI=1S/C22H25NO4S/c1-13(21(24)23-16-5-3-4-6-16)27-22(25)19-12-15-8-7-14-11-17(26-2)9-10-18(14)20(15)28-19/h9-13,16H,3-8H2,1-2H3,(H,23,24)/t13-/m1/s1. The number of aryl methyl sites for hydroxylation is 2. The lowest BCUT2D eigenvalue weighted by Gasteiger charge is -2.16. The molecular formula is C22H25NO4S. The van der Waals surface area contributed by atoms with E-state index in [1.165, 1.54) is 16.9 Å². The summed E-state index contributed by atoms with van der Waals surface area (Å²) < 4.78 is 10.8. The Morgan fingerprint density at radius 2 is 1.89 bits per heavy atom. The Morgan fingerprint density at radius 3 is 2.64 bits per heavy atom. The first kappa shape index (κ1) is 19.0. The van der Waals surface area contributed by atoms with Crippen LogP contribution in [0.1, 0.15) is 53.4 Å². The van der Waals surface area contributed by atoms with Crippen molar-refractivity contribution in [3.05, 3.63) is 40.3 Å². The number of amides is 1. The molecule has 28 heavy (non-hydrogen) atoms. The molecule has 0 aliphatic heterocycles. The van der Waals surface area contributed by atoms with Crippen molar-refractivity contribution >= 4 is 23.2 Å². The second kappa shape index (κ2) is 7.95. The molecule has 0 saturated heterocycles. The third kappa shape index (κ3) is 3.78. The molecule has 2 aromatic rings. The topological polar surface area (TPSA) is 64.6 Å². The Labute approximate surface area is 169 Å². The van der Waals surface area contributed by atoms with E-state index < -0.39 is 12.1 Å². The van der Waals surface area contributed by atoms with E-state index in [0.717, 1.165) is 60.3 Å². The summed E-state index contributed by atoms with van der Waals surface area (Å²) in [7, 11) is 1.67. The molecule has 1 N–H and O–H groups in total. The van der Waals surface area contributed by atoms with Crippen LogP contribution in [0.4, 0.5) is 0 Å². The van der Waals surface area contributed by atoms with Gasteiger partial charge in [0, 0.05) is 10.9 Å². The monoisotopic (exact) mass is 399 g/mol. The summed E-state index contributed by atoms with van der Waals surface area (Å²) in [6.45, 7) is 1.64. The number of carbonyl (C=O) groups is 2. The van der Waals surface area contributed by atoms with Crippen LogP contribution >= 0.6 is 11.3 Å². The number of hydrogen-bond acceptors (Lipinski definition) is 5. The zero-order valence-electron chi connectivity index (χ0n) is 16.2. The fraction of sp³-hybridized carbons (Fsp3) is 0.455. The van der Waals surface area contributed by atoms with Crippen molar-refractivity contribution in [1.82, 2.24) is 5.32 Å². The number of benzene rings is 1. The maximum Gasteiger partial charge on any atom is 0.349 e. The van der Waals surface area contributed by atoms with Crippen molar-refractivity contribution in [3.63, 3.8) is 0 Å². The van der Waals surface area contributed by atoms with Crippen molar-refractivity contribution < 1.29 is 19.1 Å². The van der Waals surface area contributed by atoms with Gasteiger partial charge in [0.2, 0.25) is 0 Å². The van der Waals surface area contributed by atoms with Crippen LogP contribution in [0, 0.1) is 0 Å². The van der Waals surface area contributed by atoms with E-state index in [9.17, 15) is 9.59 Å². The predicted octanol–water partition coefficient (Wildman–Crippen LogP) is 4.13. The fourth-order valence-electron chi connectivity index (χ4n) is 4.00. The molecule has 6 heteroatoms. The molecule has 5 nitrogen and oxygen atoms in total. The first-order valence-electron chi connectivity index (χ1n) is 9.86. The minimum Gasteiger partial charge on any atom is -0.497 e. The van der Waals surface area contributed by atoms with Gasteiger partial charge in [-0.05, 0) is 73.6 Å². The van der Waals surface area contributed by atoms with Gasteiger partial charge in [0.15, 0.2) is 6.10 Å². The summed E-state index contributed by atoms with van der Waals surface area (Å²) in [6, 6.07) is 8.19. The highest BCUT2D eigenvalue weighted by molar-refractivity contribution is 7.17. The van der Waals surface area contributed by atoms with Gasteiger partial charge in [-0.15, -0.1) is 11.3 Å². The molecule has 2 aliphatic rings. The molecule has 148 valence electrons. The van der Waals surface area contributed by atoms with Gasteiger partial charge in [0.05, 0.1) is 7.11 Å². The number of methoxy groups -OCH3 is 1. The van der Waals surface area contributed by atoms with Gasteiger partial charge in [-0.2, -0.15) is 0 Å². The zero-order chi connectivity index (χ0) is 19.7. The fourth-order valence-corrected chi connectivity index (χ4v) is 5.15. The number of rotatable bonds is 5. The van der Waals surface area contributed by atoms with E-state index in [1.54, 1.807) is 14.0 Å². The Balaban J connectivity index is 1.46. The molecule has 1 atom stereocenters. The van der Waals surface area contributed by atoms with Crippen LogP contribution in [0.25, 0.3) is 10.4 Å². The van der Waals surface area contributed by atoms with Gasteiger partial charge in [0.25, 0.3) is 5.91 Å². The Bertz CT molecular complexity index is 898. The maximum absolute atomic E-state index is 12.6. The summed E-state index contributed by atoms with van der Waals surface area (Å²) >= 11 is 1.44. The lowest BCUT2D eigenvalue weighted by atomic mass is 9.91. The lowest BCUT2D eigenvalue weighted by molar-refractivity contribution is -0.129. The molecular weight excluding hydrogens is 374 g/mol. The van der Waals surface area contributed by atoms with Crippen molar-refractivity contribution in [2.75, 3.05) is 7.11 Å². The molecule has 1 fully saturated rings. The lowest BCUT2D eigenvalue weighted by Crippen LogP contribution is -2.40. The highest BCUT2D eigenvalue weighted by Crippen LogP contribution is 2.41. The molecule has 1 saturated carbocycles. The number of nitrogens with one attached hydrogen (secondary N) is 1. The highest BCUT2D eigenvalue weighted by Gasteiger charge is 2.26. The van der Waals surface area contributed by atoms with Gasteiger partial charge in [-0.25, -0.2) is 4.79 Å². The molecule has 1 amide bonds. The average molecular weight is 400 g/mol. The molecule has 4 rings (SSSR count). The third-order valence-electron chi connectivity index (χ3n) is 5.59. The normalized spacial score (nSPS) is 16.8. The van der Waals surface area contributed by atoms with Gasteiger partial charge in [0.1, 0.15) is 10.6 Å². The molecule has 2 aliphatic carbocycles. The first-order valence-corrected chi connectivity index (χ1v) is 10.7. The Morgan fingerprint density at radius 1 is 1.14 bits per heavy atom. The van der Waals surface area contributed by atoms with Crippen molar-refractivity contribution in [2.45, 2.75) is 57.6 Å². The number of carbonyl (C=O) groups excluding carboxylic acids is 2. The number of hydrogen-bond donors (Lipinski definition) is 1. The van der Waals surface area contributed by atoms with Gasteiger partial charge >= 0.3 is 5.97 Å². The van der Waals surface area contributed by atoms with Gasteiger partial charge < -0.3 is 14.8 Å². The molecule has 0 spiro atoms. The number of esters is 1. The Hall–Kier alpha value is -2.34. The SMILES string of the molecule is COc1ccc2c(c1)CCc1cc(C(=O)O[C@H](C)C(=O)NC3CCCC3)sc1-2. The van der Waals surface area contributed by atoms with Crippen LogP contribution in [-0.2, 0) is 22.4 Å². The van der Waals surface area contributed by atoms with Gasteiger partial charge in [-0.3, -0.25) is 4.79 Å². The third-order valence-corrected chi connectivity index (χ3v) is 6.78. The van der Waals surface area contributed by atoms with Gasteiger partial charge in [-0.1, -0.05) is 12.8 Å². The molecule has 1 aromatic heterocycles. The highest BCUT2D eigenvalue weighted by atomic mass is 32.1. The largest absolute Gasteiger partial charge is 0.497 e. The van der Waals surface area contributed by atoms with E-state index in [-0.39, 0.29) is 11.9 Å². The molecule has 1 heterocycles. The van der Waals surface area contributed by atoms with E-state index in [4.69, 9.17) is 9.47 Å². The second-order valence-electron chi connectivity index (χ2n) is 7.53. The molecule has 0 radical (unpaired) electrons. The summed E-state index contributed by atoms with van der Waals surface area (Å²) in [5.74, 6) is 0.211. The number of ether oxygens (including phenoxy) is 2. The van der Waals surface area contributed by atoms with Crippen LogP contribution in [0.5, 0.6) is 5.75 Å². The average Bonchev–Trinajstić information content (AvgIpc) is 3.36. The van der Waals surface area contributed by atoms with Crippen LogP contribution in [0.3, 0.4) is 0 Å². The zero-order valence-corrected chi connectivity index (χ0v) is 17.1. The minimum atomic E-state index is -0.788. The summed E-state index contributed by atoms with van der Waals surface area (Å²) in [5, 5.41) is 2.98. The molecule has 1 aromatic carbocycles. The minimum absolute atomic E-state index is 0.209. The summed E-state index contributed by atoms with van der Waals surface area (Å²) in [4.78, 5) is 26.6. The van der Waals surface area contributed by atoms with Crippen LogP contribution in [0.2, 0.25) is 0 Å². The van der Waals surface area contributed by atoms with E-state index >= 15 is 0 Å². The number of fused-ring (bicyclic) bond motifs is 3. The molecule has 0 bridgehead atoms. The smallest absolute Gasteiger partial charge is 0.349 e. The van der Waals surface area contributed by atoms with E-state index in [0.29, 0.717) is 4.88 Å². The summed E-state index contributed by atoms with van der Waals surface area (Å²) in [5.41, 5.74) is 3.55.